The molecule has 12 heavy (non-hydrogen) atoms. The molecule has 0 spiro atoms. The van der Waals surface area contributed by atoms with Gasteiger partial charge in [-0.3, -0.25) is 0 Å². The quantitative estimate of drug-likeness (QED) is 0.629. The molecule has 0 aliphatic heterocycles. The zero-order valence-electron chi connectivity index (χ0n) is 6.82. The van der Waals surface area contributed by atoms with E-state index in [9.17, 15) is 0 Å². The summed E-state index contributed by atoms with van der Waals surface area (Å²) in [7, 11) is 0. The highest BCUT2D eigenvalue weighted by atomic mass is 32.1. The number of aryl methyl sites for hydroxylation is 1. The number of nitrogens with one attached hydrogen (secondary N) is 1. The van der Waals surface area contributed by atoms with Gasteiger partial charge in [0.1, 0.15) is 6.33 Å². The first-order valence-corrected chi connectivity index (χ1v) is 4.05. The highest BCUT2D eigenvalue weighted by Gasteiger charge is 2.00. The van der Waals surface area contributed by atoms with Gasteiger partial charge in [-0.05, 0) is 19.1 Å². The number of aromatic nitrogens is 3. The monoisotopic (exact) mass is 185 g/mol. The van der Waals surface area contributed by atoms with Gasteiger partial charge >= 0.3 is 0 Å². The van der Waals surface area contributed by atoms with Crippen molar-refractivity contribution in [2.75, 3.05) is 0 Å². The molecular formula is C6H11N5S. The van der Waals surface area contributed by atoms with E-state index in [4.69, 9.17) is 5.73 Å². The first-order chi connectivity index (χ1) is 5.74. The van der Waals surface area contributed by atoms with Crippen molar-refractivity contribution in [2.24, 2.45) is 5.73 Å². The molecule has 5 nitrogen and oxygen atoms in total. The molecule has 0 bridgehead atoms. The Morgan fingerprint density at radius 1 is 1.83 bits per heavy atom. The lowest BCUT2D eigenvalue weighted by Crippen LogP contribution is -2.29. The average molecular weight is 185 g/mol. The molecule has 6 heteroatoms. The molecule has 1 aromatic heterocycles. The van der Waals surface area contributed by atoms with Crippen LogP contribution in [-0.2, 0) is 13.1 Å². The summed E-state index contributed by atoms with van der Waals surface area (Å²) in [6, 6.07) is 0. The molecule has 0 saturated heterocycles. The molecule has 0 saturated carbocycles. The van der Waals surface area contributed by atoms with Crippen molar-refractivity contribution in [3.05, 3.63) is 12.2 Å². The van der Waals surface area contributed by atoms with Gasteiger partial charge in [0.05, 0.1) is 6.54 Å². The summed E-state index contributed by atoms with van der Waals surface area (Å²) < 4.78 is 1.92. The van der Waals surface area contributed by atoms with Gasteiger partial charge in [0, 0.05) is 6.54 Å². The Kier molecular flexibility index (Phi) is 2.98. The van der Waals surface area contributed by atoms with Crippen molar-refractivity contribution < 1.29 is 0 Å². The molecule has 0 amide bonds. The fraction of sp³-hybridized carbons (Fsp3) is 0.500. The molecule has 0 aromatic carbocycles. The molecule has 0 radical (unpaired) electrons. The molecule has 66 valence electrons. The predicted octanol–water partition coefficient (Wildman–Crippen LogP) is -0.369. The van der Waals surface area contributed by atoms with Gasteiger partial charge in [-0.1, -0.05) is 0 Å². The SMILES string of the molecule is CCn1cnnc1CNC(N)=S. The van der Waals surface area contributed by atoms with Crippen molar-refractivity contribution in [3.63, 3.8) is 0 Å². The Morgan fingerprint density at radius 2 is 2.58 bits per heavy atom. The van der Waals surface area contributed by atoms with Crippen LogP contribution in [0.4, 0.5) is 0 Å². The van der Waals surface area contributed by atoms with Crippen LogP contribution in [0, 0.1) is 0 Å². The van der Waals surface area contributed by atoms with Crippen LogP contribution < -0.4 is 11.1 Å². The number of thiocarbonyl (C=S) groups is 1. The molecule has 0 aliphatic carbocycles. The van der Waals surface area contributed by atoms with Gasteiger partial charge in [-0.25, -0.2) is 0 Å². The second-order valence-electron chi connectivity index (χ2n) is 2.25. The van der Waals surface area contributed by atoms with E-state index in [2.05, 4.69) is 27.7 Å². The second-order valence-corrected chi connectivity index (χ2v) is 2.69. The van der Waals surface area contributed by atoms with Gasteiger partial charge < -0.3 is 15.6 Å². The average Bonchev–Trinajstić information content (AvgIpc) is 2.47. The summed E-state index contributed by atoms with van der Waals surface area (Å²) in [6.07, 6.45) is 1.68. The maximum Gasteiger partial charge on any atom is 0.164 e. The molecule has 1 aromatic rings. The molecule has 1 heterocycles. The van der Waals surface area contributed by atoms with Crippen LogP contribution in [-0.4, -0.2) is 19.9 Å². The minimum Gasteiger partial charge on any atom is -0.376 e. The summed E-state index contributed by atoms with van der Waals surface area (Å²) >= 11 is 4.66. The Hall–Kier alpha value is -1.17. The predicted molar refractivity (Wildman–Crippen MR) is 49.3 cm³/mol. The highest BCUT2D eigenvalue weighted by molar-refractivity contribution is 7.80. The van der Waals surface area contributed by atoms with Crippen molar-refractivity contribution >= 4 is 17.3 Å². The van der Waals surface area contributed by atoms with Crippen molar-refractivity contribution in [3.8, 4) is 0 Å². The summed E-state index contributed by atoms with van der Waals surface area (Å²) in [5.74, 6) is 0.838. The summed E-state index contributed by atoms with van der Waals surface area (Å²) in [5.41, 5.74) is 5.26. The first kappa shape index (κ1) is 8.92. The molecule has 1 rings (SSSR count). The van der Waals surface area contributed by atoms with Crippen LogP contribution in [0.15, 0.2) is 6.33 Å². The number of nitrogens with two attached hydrogens (primary N) is 1. The lowest BCUT2D eigenvalue weighted by molar-refractivity contribution is 0.679. The topological polar surface area (TPSA) is 68.8 Å². The van der Waals surface area contributed by atoms with Gasteiger partial charge in [0.25, 0.3) is 0 Å². The van der Waals surface area contributed by atoms with E-state index in [0.29, 0.717) is 6.54 Å². The minimum atomic E-state index is 0.278. The van der Waals surface area contributed by atoms with Gasteiger partial charge in [0.15, 0.2) is 10.9 Å². The number of rotatable bonds is 3. The number of nitrogens with zero attached hydrogens (tertiary/aromatic N) is 3. The van der Waals surface area contributed by atoms with Gasteiger partial charge in [0.2, 0.25) is 0 Å². The Bertz CT molecular complexity index is 269. The summed E-state index contributed by atoms with van der Waals surface area (Å²) in [4.78, 5) is 0. The minimum absolute atomic E-state index is 0.278. The third-order valence-corrected chi connectivity index (χ3v) is 1.60. The Balaban J connectivity index is 2.56. The first-order valence-electron chi connectivity index (χ1n) is 3.64. The standard InChI is InChI=1S/C6H11N5S/c1-2-11-4-9-10-5(11)3-8-6(7)12/h4H,2-3H2,1H3,(H3,7,8,12). The van der Waals surface area contributed by atoms with E-state index >= 15 is 0 Å². The lowest BCUT2D eigenvalue weighted by atomic mass is 10.5. The molecule has 0 unspecified atom stereocenters. The fourth-order valence-corrected chi connectivity index (χ4v) is 0.918. The van der Waals surface area contributed by atoms with Gasteiger partial charge in [-0.15, -0.1) is 10.2 Å². The molecule has 0 atom stereocenters. The molecule has 0 fully saturated rings. The van der Waals surface area contributed by atoms with E-state index in [1.54, 1.807) is 6.33 Å². The van der Waals surface area contributed by atoms with Crippen LogP contribution in [0.1, 0.15) is 12.7 Å². The van der Waals surface area contributed by atoms with Crippen LogP contribution in [0.5, 0.6) is 0 Å². The Morgan fingerprint density at radius 3 is 3.17 bits per heavy atom. The van der Waals surface area contributed by atoms with Crippen LogP contribution in [0.25, 0.3) is 0 Å². The van der Waals surface area contributed by atoms with Crippen LogP contribution >= 0.6 is 12.2 Å². The fourth-order valence-electron chi connectivity index (χ4n) is 0.846. The van der Waals surface area contributed by atoms with Gasteiger partial charge in [-0.2, -0.15) is 0 Å². The second kappa shape index (κ2) is 4.01. The van der Waals surface area contributed by atoms with Crippen molar-refractivity contribution in [2.45, 2.75) is 20.0 Å². The van der Waals surface area contributed by atoms with E-state index in [-0.39, 0.29) is 5.11 Å². The third kappa shape index (κ3) is 2.16. The maximum atomic E-state index is 5.26. The van der Waals surface area contributed by atoms with Crippen LogP contribution in [0.2, 0.25) is 0 Å². The highest BCUT2D eigenvalue weighted by Crippen LogP contribution is 1.92. The van der Waals surface area contributed by atoms with E-state index < -0.39 is 0 Å². The summed E-state index contributed by atoms with van der Waals surface area (Å²) in [5, 5.41) is 10.7. The largest absolute Gasteiger partial charge is 0.376 e. The van der Waals surface area contributed by atoms with Crippen LogP contribution in [0.3, 0.4) is 0 Å². The molecule has 0 aliphatic rings. The molecule has 3 N–H and O–H groups in total. The normalized spacial score (nSPS) is 9.75. The van der Waals surface area contributed by atoms with E-state index in [0.717, 1.165) is 12.4 Å². The zero-order chi connectivity index (χ0) is 8.97. The maximum absolute atomic E-state index is 5.26. The number of hydrogen-bond donors (Lipinski definition) is 2. The number of hydrogen-bond acceptors (Lipinski definition) is 3. The third-order valence-electron chi connectivity index (χ3n) is 1.46. The van der Waals surface area contributed by atoms with Crippen molar-refractivity contribution in [1.82, 2.24) is 20.1 Å². The van der Waals surface area contributed by atoms with Crippen molar-refractivity contribution in [1.29, 1.82) is 0 Å². The summed E-state index contributed by atoms with van der Waals surface area (Å²) in [6.45, 7) is 3.40. The zero-order valence-corrected chi connectivity index (χ0v) is 7.64. The Labute approximate surface area is 76.0 Å². The van der Waals surface area contributed by atoms with E-state index in [1.165, 1.54) is 0 Å². The van der Waals surface area contributed by atoms with E-state index in [1.807, 2.05) is 11.5 Å². The molecular weight excluding hydrogens is 174 g/mol. The lowest BCUT2D eigenvalue weighted by Gasteiger charge is -2.03. The smallest absolute Gasteiger partial charge is 0.164 e.